The van der Waals surface area contributed by atoms with Crippen LogP contribution in [0.2, 0.25) is 15.1 Å². The van der Waals surface area contributed by atoms with E-state index in [-0.39, 0.29) is 0 Å². The van der Waals surface area contributed by atoms with Gasteiger partial charge in [0.15, 0.2) is 10.9 Å². The molecule has 2 heterocycles. The predicted octanol–water partition coefficient (Wildman–Crippen LogP) is 4.74. The van der Waals surface area contributed by atoms with E-state index in [1.165, 1.54) is 0 Å². The molecule has 0 unspecified atom stereocenters. The van der Waals surface area contributed by atoms with Gasteiger partial charge in [-0.25, -0.2) is 0 Å². The number of rotatable bonds is 4. The maximum Gasteiger partial charge on any atom is 0.176 e. The zero-order chi connectivity index (χ0) is 18.8. The Hall–Kier alpha value is -1.80. The summed E-state index contributed by atoms with van der Waals surface area (Å²) in [7, 11) is 1.86. The zero-order valence-electron chi connectivity index (χ0n) is 13.9. The third-order valence-electron chi connectivity index (χ3n) is 3.81. The van der Waals surface area contributed by atoms with Gasteiger partial charge in [0.2, 0.25) is 0 Å². The fourth-order valence-corrected chi connectivity index (χ4v) is 3.21. The summed E-state index contributed by atoms with van der Waals surface area (Å²) in [6.07, 6.45) is 3.38. The molecule has 0 spiro atoms. The highest BCUT2D eigenvalue weighted by molar-refractivity contribution is 7.80. The number of nitrogens with one attached hydrogen (secondary N) is 2. The topological polar surface area (TPSA) is 59.7 Å². The van der Waals surface area contributed by atoms with Crippen LogP contribution in [-0.4, -0.2) is 24.7 Å². The molecule has 10 heteroatoms. The normalized spacial score (nSPS) is 10.8. The minimum atomic E-state index is 0.365. The largest absolute Gasteiger partial charge is 0.330 e. The van der Waals surface area contributed by atoms with Gasteiger partial charge in [-0.2, -0.15) is 10.2 Å². The molecule has 0 atom stereocenters. The van der Waals surface area contributed by atoms with Gasteiger partial charge in [0.25, 0.3) is 0 Å². The van der Waals surface area contributed by atoms with Gasteiger partial charge >= 0.3 is 0 Å². The Morgan fingerprint density at radius 1 is 1.15 bits per heavy atom. The van der Waals surface area contributed by atoms with Gasteiger partial charge in [0.05, 0.1) is 24.1 Å². The lowest BCUT2D eigenvalue weighted by Crippen LogP contribution is -2.20. The van der Waals surface area contributed by atoms with E-state index in [9.17, 15) is 0 Å². The smallest absolute Gasteiger partial charge is 0.176 e. The fraction of sp³-hybridized carbons (Fsp3) is 0.188. The van der Waals surface area contributed by atoms with Gasteiger partial charge in [-0.1, -0.05) is 40.9 Å². The Morgan fingerprint density at radius 2 is 1.85 bits per heavy atom. The number of aromatic nitrogens is 4. The molecule has 26 heavy (non-hydrogen) atoms. The van der Waals surface area contributed by atoms with Crippen LogP contribution in [0.4, 0.5) is 11.5 Å². The summed E-state index contributed by atoms with van der Waals surface area (Å²) in [5.41, 5.74) is 2.54. The quantitative estimate of drug-likeness (QED) is 0.587. The summed E-state index contributed by atoms with van der Waals surface area (Å²) in [6.45, 7) is 2.33. The van der Waals surface area contributed by atoms with Crippen LogP contribution < -0.4 is 10.6 Å². The summed E-state index contributed by atoms with van der Waals surface area (Å²) in [5, 5.41) is 16.6. The first kappa shape index (κ1) is 19.0. The second-order valence-corrected chi connectivity index (χ2v) is 7.20. The van der Waals surface area contributed by atoms with Crippen LogP contribution in [0.15, 0.2) is 30.6 Å². The van der Waals surface area contributed by atoms with E-state index in [1.54, 1.807) is 40.0 Å². The van der Waals surface area contributed by atoms with E-state index in [0.717, 1.165) is 16.9 Å². The summed E-state index contributed by atoms with van der Waals surface area (Å²) >= 11 is 24.0. The molecule has 0 bridgehead atoms. The Bertz CT molecular complexity index is 945. The summed E-state index contributed by atoms with van der Waals surface area (Å²) < 4.78 is 3.40. The highest BCUT2D eigenvalue weighted by atomic mass is 35.5. The van der Waals surface area contributed by atoms with E-state index in [2.05, 4.69) is 20.8 Å². The molecule has 6 nitrogen and oxygen atoms in total. The van der Waals surface area contributed by atoms with Crippen LogP contribution in [0.5, 0.6) is 0 Å². The van der Waals surface area contributed by atoms with Crippen molar-refractivity contribution in [1.29, 1.82) is 0 Å². The molecule has 0 aliphatic rings. The van der Waals surface area contributed by atoms with Crippen LogP contribution in [0.3, 0.4) is 0 Å². The minimum Gasteiger partial charge on any atom is -0.330 e. The van der Waals surface area contributed by atoms with Crippen molar-refractivity contribution >= 4 is 63.6 Å². The Labute approximate surface area is 171 Å². The number of hydrogen-bond acceptors (Lipinski definition) is 3. The van der Waals surface area contributed by atoms with E-state index >= 15 is 0 Å². The summed E-state index contributed by atoms with van der Waals surface area (Å²) in [4.78, 5) is 0. The first-order chi connectivity index (χ1) is 12.3. The Kier molecular flexibility index (Phi) is 5.72. The second-order valence-electron chi connectivity index (χ2n) is 5.57. The van der Waals surface area contributed by atoms with E-state index in [4.69, 9.17) is 47.0 Å². The summed E-state index contributed by atoms with van der Waals surface area (Å²) in [5.74, 6) is 0.439. The van der Waals surface area contributed by atoms with Crippen molar-refractivity contribution in [1.82, 2.24) is 19.6 Å². The maximum atomic E-state index is 6.26. The Morgan fingerprint density at radius 3 is 2.46 bits per heavy atom. The first-order valence-electron chi connectivity index (χ1n) is 7.57. The molecule has 0 saturated heterocycles. The molecule has 2 N–H and O–H groups in total. The average molecular weight is 430 g/mol. The van der Waals surface area contributed by atoms with Crippen molar-refractivity contribution in [3.63, 3.8) is 0 Å². The van der Waals surface area contributed by atoms with E-state index < -0.39 is 0 Å². The monoisotopic (exact) mass is 428 g/mol. The maximum absolute atomic E-state index is 6.26. The van der Waals surface area contributed by atoms with Crippen LogP contribution in [-0.2, 0) is 13.6 Å². The lowest BCUT2D eigenvalue weighted by molar-refractivity contribution is 0.690. The van der Waals surface area contributed by atoms with Crippen LogP contribution in [0.25, 0.3) is 0 Å². The van der Waals surface area contributed by atoms with Gasteiger partial charge in [-0.3, -0.25) is 9.36 Å². The van der Waals surface area contributed by atoms with Crippen molar-refractivity contribution < 1.29 is 0 Å². The standard InChI is InChI=1S/C16H15Cl3N6S/c1-9-14(6-20-24(9)2)21-16(26)22-15-13(19)8-25(23-15)7-10-11(17)4-3-5-12(10)18/h3-6,8H,7H2,1-2H3,(H2,21,22,23,26). The molecular weight excluding hydrogens is 415 g/mol. The zero-order valence-corrected chi connectivity index (χ0v) is 17.0. The van der Waals surface area contributed by atoms with Crippen molar-refractivity contribution in [3.05, 3.63) is 56.9 Å². The lowest BCUT2D eigenvalue weighted by Gasteiger charge is -2.09. The van der Waals surface area contributed by atoms with Gasteiger partial charge in [0.1, 0.15) is 5.02 Å². The fourth-order valence-electron chi connectivity index (χ4n) is 2.29. The van der Waals surface area contributed by atoms with Gasteiger partial charge in [-0.05, 0) is 31.3 Å². The molecule has 3 rings (SSSR count). The number of benzene rings is 1. The third-order valence-corrected chi connectivity index (χ3v) is 5.00. The predicted molar refractivity (Wildman–Crippen MR) is 111 cm³/mol. The number of thiocarbonyl (C=S) groups is 1. The van der Waals surface area contributed by atoms with Crippen molar-refractivity contribution in [2.24, 2.45) is 7.05 Å². The first-order valence-corrected chi connectivity index (χ1v) is 9.12. The molecule has 0 fully saturated rings. The molecule has 2 aromatic heterocycles. The SMILES string of the molecule is Cc1c(NC(=S)Nc2nn(Cc3c(Cl)cccc3Cl)cc2Cl)cnn1C. The highest BCUT2D eigenvalue weighted by Crippen LogP contribution is 2.27. The van der Waals surface area contributed by atoms with Crippen LogP contribution in [0, 0.1) is 6.92 Å². The van der Waals surface area contributed by atoms with Gasteiger partial charge in [0, 0.05) is 28.9 Å². The molecule has 0 saturated carbocycles. The molecule has 1 aromatic carbocycles. The lowest BCUT2D eigenvalue weighted by atomic mass is 10.2. The minimum absolute atomic E-state index is 0.365. The number of aryl methyl sites for hydroxylation is 1. The van der Waals surface area contributed by atoms with Crippen molar-refractivity contribution in [2.75, 3.05) is 10.6 Å². The number of hydrogen-bond donors (Lipinski definition) is 2. The van der Waals surface area contributed by atoms with Crippen molar-refractivity contribution in [3.8, 4) is 0 Å². The van der Waals surface area contributed by atoms with Crippen LogP contribution in [0.1, 0.15) is 11.3 Å². The van der Waals surface area contributed by atoms with Crippen molar-refractivity contribution in [2.45, 2.75) is 13.5 Å². The molecule has 0 aliphatic heterocycles. The number of halogens is 3. The third kappa shape index (κ3) is 4.12. The van der Waals surface area contributed by atoms with Gasteiger partial charge in [-0.15, -0.1) is 0 Å². The van der Waals surface area contributed by atoms with Gasteiger partial charge < -0.3 is 10.6 Å². The molecule has 136 valence electrons. The summed E-state index contributed by atoms with van der Waals surface area (Å²) in [6, 6.07) is 5.35. The molecule has 3 aromatic rings. The molecule has 0 radical (unpaired) electrons. The van der Waals surface area contributed by atoms with E-state index in [0.29, 0.717) is 32.5 Å². The van der Waals surface area contributed by atoms with E-state index in [1.807, 2.05) is 14.0 Å². The number of anilines is 2. The van der Waals surface area contributed by atoms with Crippen LogP contribution >= 0.6 is 47.0 Å². The second kappa shape index (κ2) is 7.84. The average Bonchev–Trinajstić information content (AvgIpc) is 3.08. The Balaban J connectivity index is 1.72. The molecular formula is C16H15Cl3N6S. The molecule has 0 aliphatic carbocycles. The number of nitrogens with zero attached hydrogens (tertiary/aromatic N) is 4. The molecule has 0 amide bonds. The highest BCUT2D eigenvalue weighted by Gasteiger charge is 2.13.